The van der Waals surface area contributed by atoms with Crippen molar-refractivity contribution in [2.75, 3.05) is 19.6 Å². The third-order valence-corrected chi connectivity index (χ3v) is 5.43. The number of carbonyl (C=O) groups excluding carboxylic acids is 1. The zero-order chi connectivity index (χ0) is 17.3. The summed E-state index contributed by atoms with van der Waals surface area (Å²) < 4.78 is 0. The lowest BCUT2D eigenvalue weighted by Crippen LogP contribution is -2.40. The Morgan fingerprint density at radius 1 is 1.28 bits per heavy atom. The van der Waals surface area contributed by atoms with Gasteiger partial charge in [-0.05, 0) is 49.9 Å². The fourth-order valence-corrected chi connectivity index (χ4v) is 3.95. The minimum Gasteiger partial charge on any atom is -0.348 e. The predicted molar refractivity (Wildman–Crippen MR) is 95.2 cm³/mol. The minimum absolute atomic E-state index is 0.0220. The van der Waals surface area contributed by atoms with Crippen LogP contribution in [0.4, 0.5) is 0 Å². The van der Waals surface area contributed by atoms with Gasteiger partial charge in [0.15, 0.2) is 0 Å². The molecule has 7 heteroatoms. The van der Waals surface area contributed by atoms with Gasteiger partial charge in [-0.2, -0.15) is 0 Å². The van der Waals surface area contributed by atoms with Crippen molar-refractivity contribution in [3.8, 4) is 0 Å². The van der Waals surface area contributed by atoms with Crippen LogP contribution in [0.25, 0.3) is 10.9 Å². The van der Waals surface area contributed by atoms with Gasteiger partial charge in [0.2, 0.25) is 5.91 Å². The Balaban J connectivity index is 1.40. The molecular weight excluding hydrogens is 318 g/mol. The van der Waals surface area contributed by atoms with E-state index in [1.165, 1.54) is 0 Å². The van der Waals surface area contributed by atoms with Gasteiger partial charge in [-0.3, -0.25) is 9.59 Å². The fraction of sp³-hybridized carbons (Fsp3) is 0.500. The number of fused-ring (bicyclic) bond motifs is 1. The number of rotatable bonds is 3. The van der Waals surface area contributed by atoms with E-state index in [0.717, 1.165) is 38.9 Å². The van der Waals surface area contributed by atoms with Gasteiger partial charge in [0, 0.05) is 6.54 Å². The van der Waals surface area contributed by atoms with Crippen LogP contribution in [0.3, 0.4) is 0 Å². The first-order chi connectivity index (χ1) is 12.2. The molecule has 0 aliphatic carbocycles. The fourth-order valence-electron chi connectivity index (χ4n) is 3.95. The van der Waals surface area contributed by atoms with Crippen LogP contribution in [0.2, 0.25) is 0 Å². The van der Waals surface area contributed by atoms with E-state index in [2.05, 4.69) is 25.9 Å². The van der Waals surface area contributed by atoms with Gasteiger partial charge in [-0.15, -0.1) is 0 Å². The summed E-state index contributed by atoms with van der Waals surface area (Å²) in [4.78, 5) is 31.7. The van der Waals surface area contributed by atoms with Crippen LogP contribution in [0.5, 0.6) is 0 Å². The van der Waals surface area contributed by atoms with E-state index >= 15 is 0 Å². The van der Waals surface area contributed by atoms with Gasteiger partial charge < -0.3 is 20.9 Å². The van der Waals surface area contributed by atoms with Crippen molar-refractivity contribution < 1.29 is 4.79 Å². The molecule has 0 bridgehead atoms. The number of para-hydroxylation sites is 1. The molecule has 2 aromatic rings. The normalized spacial score (nSPS) is 22.3. The number of nitrogens with zero attached hydrogens (tertiary/aromatic N) is 1. The van der Waals surface area contributed by atoms with Gasteiger partial charge in [-0.1, -0.05) is 12.1 Å². The number of nitrogens with one attached hydrogen (secondary N) is 4. The monoisotopic (exact) mass is 341 g/mol. The van der Waals surface area contributed by atoms with Crippen molar-refractivity contribution in [3.05, 3.63) is 40.4 Å². The number of benzene rings is 1. The average molecular weight is 341 g/mol. The van der Waals surface area contributed by atoms with Gasteiger partial charge >= 0.3 is 0 Å². The van der Waals surface area contributed by atoms with Crippen LogP contribution in [-0.2, 0) is 11.3 Å². The second-order valence-corrected chi connectivity index (χ2v) is 7.14. The molecule has 132 valence electrons. The first-order valence-electron chi connectivity index (χ1n) is 8.85. The van der Waals surface area contributed by atoms with E-state index < -0.39 is 0 Å². The summed E-state index contributed by atoms with van der Waals surface area (Å²) in [6.07, 6.45) is 3.11. The summed E-state index contributed by atoms with van der Waals surface area (Å²) in [6.45, 7) is 3.18. The number of amides is 1. The van der Waals surface area contributed by atoms with E-state index in [1.807, 2.05) is 12.1 Å². The van der Waals surface area contributed by atoms with E-state index in [4.69, 9.17) is 0 Å². The summed E-state index contributed by atoms with van der Waals surface area (Å²) in [5.41, 5.74) is 0.716. The maximum absolute atomic E-state index is 12.5. The molecule has 25 heavy (non-hydrogen) atoms. The largest absolute Gasteiger partial charge is 0.348 e. The molecule has 0 radical (unpaired) electrons. The topological polar surface area (TPSA) is 98.9 Å². The molecule has 7 nitrogen and oxygen atoms in total. The van der Waals surface area contributed by atoms with Gasteiger partial charge in [0.05, 0.1) is 23.5 Å². The molecule has 1 spiro atoms. The molecule has 1 atom stereocenters. The third-order valence-electron chi connectivity index (χ3n) is 5.43. The maximum atomic E-state index is 12.5. The zero-order valence-corrected chi connectivity index (χ0v) is 14.1. The Morgan fingerprint density at radius 2 is 2.08 bits per heavy atom. The Hall–Kier alpha value is -2.25. The predicted octanol–water partition coefficient (Wildman–Crippen LogP) is 0.271. The molecule has 2 saturated heterocycles. The number of aromatic amines is 1. The highest BCUT2D eigenvalue weighted by atomic mass is 16.2. The quantitative estimate of drug-likeness (QED) is 0.642. The molecule has 0 unspecified atom stereocenters. The zero-order valence-electron chi connectivity index (χ0n) is 14.1. The smallest absolute Gasteiger partial charge is 0.258 e. The molecule has 0 saturated carbocycles. The molecule has 1 aromatic heterocycles. The average Bonchev–Trinajstić information content (AvgIpc) is 3.04. The maximum Gasteiger partial charge on any atom is 0.258 e. The minimum atomic E-state index is -0.178. The molecule has 4 rings (SSSR count). The molecule has 2 aliphatic rings. The van der Waals surface area contributed by atoms with Crippen LogP contribution in [0.1, 0.15) is 25.1 Å². The summed E-state index contributed by atoms with van der Waals surface area (Å²) in [5.74, 6) is 0.456. The number of hydrogen-bond donors (Lipinski definition) is 4. The van der Waals surface area contributed by atoms with Gasteiger partial charge in [0.25, 0.3) is 5.56 Å². The number of hydrogen-bond acceptors (Lipinski definition) is 5. The second-order valence-electron chi connectivity index (χ2n) is 7.14. The van der Waals surface area contributed by atoms with E-state index in [-0.39, 0.29) is 29.5 Å². The highest BCUT2D eigenvalue weighted by Gasteiger charge is 2.41. The summed E-state index contributed by atoms with van der Waals surface area (Å²) in [7, 11) is 0. The molecular formula is C18H23N5O2. The second kappa shape index (κ2) is 6.57. The van der Waals surface area contributed by atoms with Crippen molar-refractivity contribution in [3.63, 3.8) is 0 Å². The SMILES string of the molecule is O=C(NCc1nc2ccccc2c(=O)[nH]1)[C@@H]1CC2(CCNCC2)CN1. The molecule has 4 N–H and O–H groups in total. The van der Waals surface area contributed by atoms with Crippen molar-refractivity contribution in [2.24, 2.45) is 5.41 Å². The number of piperidine rings is 1. The van der Waals surface area contributed by atoms with Crippen LogP contribution < -0.4 is 21.5 Å². The number of aromatic nitrogens is 2. The highest BCUT2D eigenvalue weighted by Crippen LogP contribution is 2.37. The van der Waals surface area contributed by atoms with Crippen molar-refractivity contribution in [1.29, 1.82) is 0 Å². The van der Waals surface area contributed by atoms with E-state index in [9.17, 15) is 9.59 Å². The lowest BCUT2D eigenvalue weighted by molar-refractivity contribution is -0.123. The first kappa shape index (κ1) is 16.2. The third kappa shape index (κ3) is 3.29. The molecule has 1 amide bonds. The van der Waals surface area contributed by atoms with Crippen molar-refractivity contribution >= 4 is 16.8 Å². The summed E-state index contributed by atoms with van der Waals surface area (Å²) in [5, 5.41) is 10.2. The Kier molecular flexibility index (Phi) is 4.27. The van der Waals surface area contributed by atoms with Gasteiger partial charge in [-0.25, -0.2) is 4.98 Å². The molecule has 2 aliphatic heterocycles. The van der Waals surface area contributed by atoms with E-state index in [0.29, 0.717) is 16.7 Å². The van der Waals surface area contributed by atoms with Crippen molar-refractivity contribution in [2.45, 2.75) is 31.8 Å². The lowest BCUT2D eigenvalue weighted by atomic mass is 9.77. The number of H-pyrrole nitrogens is 1. The summed E-state index contributed by atoms with van der Waals surface area (Å²) in [6, 6.07) is 7.03. The van der Waals surface area contributed by atoms with Crippen molar-refractivity contribution in [1.82, 2.24) is 25.9 Å². The Labute approximate surface area is 145 Å². The molecule has 3 heterocycles. The molecule has 1 aromatic carbocycles. The molecule has 2 fully saturated rings. The Morgan fingerprint density at radius 3 is 2.92 bits per heavy atom. The van der Waals surface area contributed by atoms with Crippen LogP contribution in [0, 0.1) is 5.41 Å². The van der Waals surface area contributed by atoms with Crippen LogP contribution in [0.15, 0.2) is 29.1 Å². The van der Waals surface area contributed by atoms with E-state index in [1.54, 1.807) is 12.1 Å². The van der Waals surface area contributed by atoms with Crippen LogP contribution in [-0.4, -0.2) is 41.6 Å². The summed E-state index contributed by atoms with van der Waals surface area (Å²) >= 11 is 0. The van der Waals surface area contributed by atoms with Gasteiger partial charge in [0.1, 0.15) is 5.82 Å². The first-order valence-corrected chi connectivity index (χ1v) is 8.85. The van der Waals surface area contributed by atoms with Crippen LogP contribution >= 0.6 is 0 Å². The Bertz CT molecular complexity index is 841. The highest BCUT2D eigenvalue weighted by molar-refractivity contribution is 5.82. The standard InChI is InChI=1S/C18H23N5O2/c24-16-12-3-1-2-4-13(12)22-15(23-16)10-20-17(25)14-9-18(11-21-14)5-7-19-8-6-18/h1-4,14,19,21H,5-11H2,(H,20,25)(H,22,23,24)/t14-/m0/s1. The number of carbonyl (C=O) groups is 1. The lowest BCUT2D eigenvalue weighted by Gasteiger charge is -2.33.